The summed E-state index contributed by atoms with van der Waals surface area (Å²) < 4.78 is 0. The van der Waals surface area contributed by atoms with Gasteiger partial charge in [0.15, 0.2) is 5.17 Å². The number of carboxylic acid groups (broad SMARTS) is 1. The van der Waals surface area contributed by atoms with Crippen molar-refractivity contribution in [2.75, 3.05) is 6.54 Å². The normalized spacial score (nSPS) is 17.2. The first-order valence-corrected chi connectivity index (χ1v) is 9.77. The van der Waals surface area contributed by atoms with E-state index < -0.39 is 5.97 Å². The molecule has 6 heteroatoms. The molecule has 1 aliphatic rings. The molecule has 0 atom stereocenters. The summed E-state index contributed by atoms with van der Waals surface area (Å²) in [5.74, 6) is -1.17. The van der Waals surface area contributed by atoms with Gasteiger partial charge in [-0.25, -0.2) is 9.79 Å². The minimum Gasteiger partial charge on any atom is -0.478 e. The van der Waals surface area contributed by atoms with Crippen LogP contribution in [0.15, 0.2) is 88.8 Å². The average Bonchev–Trinajstić information content (AvgIpc) is 2.98. The monoisotopic (exact) mass is 404 g/mol. The standard InChI is InChI=1S/C23H20N2O3S/c1-3-12-25-21(26)20(14-16(2)13-17-8-5-4-6-9-17)29-23(25)24-19-11-7-10-18(15-19)22(27)28/h3-11,13-15H,1,12H2,2H3,(H,27,28)/b16-13+,20-14-,24-23?. The number of nitrogens with zero attached hydrogens (tertiary/aromatic N) is 2. The van der Waals surface area contributed by atoms with Gasteiger partial charge in [0.2, 0.25) is 0 Å². The molecule has 1 N–H and O–H groups in total. The fourth-order valence-electron chi connectivity index (χ4n) is 2.76. The minimum absolute atomic E-state index is 0.147. The molecule has 3 rings (SSSR count). The Balaban J connectivity index is 1.92. The maximum Gasteiger partial charge on any atom is 0.335 e. The minimum atomic E-state index is -1.02. The molecule has 0 radical (unpaired) electrons. The molecule has 1 fully saturated rings. The number of carbonyl (C=O) groups excluding carboxylic acids is 1. The molecule has 1 amide bonds. The van der Waals surface area contributed by atoms with Crippen molar-refractivity contribution in [3.63, 3.8) is 0 Å². The lowest BCUT2D eigenvalue weighted by Crippen LogP contribution is -2.29. The number of amides is 1. The molecule has 1 aliphatic heterocycles. The van der Waals surface area contributed by atoms with Crippen LogP contribution in [0.25, 0.3) is 6.08 Å². The molecule has 0 unspecified atom stereocenters. The number of aromatic carboxylic acids is 1. The fraction of sp³-hybridized carbons (Fsp3) is 0.0870. The Morgan fingerprint density at radius 1 is 1.21 bits per heavy atom. The maximum absolute atomic E-state index is 12.8. The number of carbonyl (C=O) groups is 2. The number of carboxylic acids is 1. The van der Waals surface area contributed by atoms with Crippen molar-refractivity contribution in [1.82, 2.24) is 4.90 Å². The largest absolute Gasteiger partial charge is 0.478 e. The molecule has 2 aromatic carbocycles. The highest BCUT2D eigenvalue weighted by atomic mass is 32.2. The van der Waals surface area contributed by atoms with E-state index in [0.29, 0.717) is 22.3 Å². The molecule has 0 saturated carbocycles. The zero-order valence-electron chi connectivity index (χ0n) is 15.9. The lowest BCUT2D eigenvalue weighted by atomic mass is 10.1. The van der Waals surface area contributed by atoms with Gasteiger partial charge in [0.1, 0.15) is 0 Å². The predicted molar refractivity (Wildman–Crippen MR) is 118 cm³/mol. The lowest BCUT2D eigenvalue weighted by Gasteiger charge is -2.12. The van der Waals surface area contributed by atoms with Gasteiger partial charge >= 0.3 is 5.97 Å². The molecule has 0 spiro atoms. The molecule has 146 valence electrons. The summed E-state index contributed by atoms with van der Waals surface area (Å²) in [4.78, 5) is 30.6. The Kier molecular flexibility index (Phi) is 6.46. The topological polar surface area (TPSA) is 70.0 Å². The second-order valence-electron chi connectivity index (χ2n) is 6.36. The van der Waals surface area contributed by atoms with Crippen LogP contribution in [0.5, 0.6) is 0 Å². The van der Waals surface area contributed by atoms with E-state index in [4.69, 9.17) is 5.11 Å². The molecule has 0 aromatic heterocycles. The lowest BCUT2D eigenvalue weighted by molar-refractivity contribution is -0.121. The highest BCUT2D eigenvalue weighted by Gasteiger charge is 2.32. The third kappa shape index (κ3) is 5.12. The fourth-order valence-corrected chi connectivity index (χ4v) is 3.82. The van der Waals surface area contributed by atoms with Gasteiger partial charge in [0, 0.05) is 6.54 Å². The van der Waals surface area contributed by atoms with Crippen LogP contribution in [0.4, 0.5) is 5.69 Å². The maximum atomic E-state index is 12.8. The number of thioether (sulfide) groups is 1. The summed E-state index contributed by atoms with van der Waals surface area (Å²) in [6, 6.07) is 16.2. The van der Waals surface area contributed by atoms with Crippen LogP contribution in [-0.4, -0.2) is 33.6 Å². The summed E-state index contributed by atoms with van der Waals surface area (Å²) in [6.07, 6.45) is 5.48. The van der Waals surface area contributed by atoms with Crippen LogP contribution in [0, 0.1) is 0 Å². The van der Waals surface area contributed by atoms with E-state index >= 15 is 0 Å². The van der Waals surface area contributed by atoms with Gasteiger partial charge in [-0.15, -0.1) is 6.58 Å². The molecule has 0 aliphatic carbocycles. The first kappa shape index (κ1) is 20.4. The Bertz CT molecular complexity index is 1040. The van der Waals surface area contributed by atoms with Crippen molar-refractivity contribution >= 4 is 40.6 Å². The SMILES string of the molecule is C=CCN1C(=O)/C(=C/C(C)=C/c2ccccc2)SC1=Nc1cccc(C(=O)O)c1. The number of benzene rings is 2. The van der Waals surface area contributed by atoms with Crippen molar-refractivity contribution in [2.45, 2.75) is 6.92 Å². The zero-order valence-corrected chi connectivity index (χ0v) is 16.7. The first-order valence-electron chi connectivity index (χ1n) is 8.95. The van der Waals surface area contributed by atoms with Gasteiger partial charge in [0.05, 0.1) is 16.2 Å². The summed E-state index contributed by atoms with van der Waals surface area (Å²) in [7, 11) is 0. The summed E-state index contributed by atoms with van der Waals surface area (Å²) in [6.45, 7) is 5.98. The van der Waals surface area contributed by atoms with E-state index in [9.17, 15) is 9.59 Å². The quantitative estimate of drug-likeness (QED) is 0.536. The summed E-state index contributed by atoms with van der Waals surface area (Å²) in [5, 5.41) is 9.66. The molecule has 2 aromatic rings. The number of allylic oxidation sites excluding steroid dienone is 2. The molecule has 29 heavy (non-hydrogen) atoms. The number of hydrogen-bond acceptors (Lipinski definition) is 4. The average molecular weight is 404 g/mol. The van der Waals surface area contributed by atoms with Crippen LogP contribution in [-0.2, 0) is 4.79 Å². The first-order chi connectivity index (χ1) is 14.0. The van der Waals surface area contributed by atoms with E-state index in [1.54, 1.807) is 18.2 Å². The highest BCUT2D eigenvalue weighted by molar-refractivity contribution is 8.18. The van der Waals surface area contributed by atoms with Crippen LogP contribution in [0.1, 0.15) is 22.8 Å². The molecule has 1 saturated heterocycles. The molecule has 1 heterocycles. The van der Waals surface area contributed by atoms with Crippen molar-refractivity contribution in [3.05, 3.63) is 94.9 Å². The molecule has 5 nitrogen and oxygen atoms in total. The second-order valence-corrected chi connectivity index (χ2v) is 7.37. The number of rotatable bonds is 6. The van der Waals surface area contributed by atoms with E-state index in [2.05, 4.69) is 11.6 Å². The zero-order chi connectivity index (χ0) is 20.8. The molecule has 0 bridgehead atoms. The van der Waals surface area contributed by atoms with Crippen LogP contribution in [0.3, 0.4) is 0 Å². The Labute approximate surface area is 173 Å². The van der Waals surface area contributed by atoms with Crippen molar-refractivity contribution in [3.8, 4) is 0 Å². The van der Waals surface area contributed by atoms with E-state index in [-0.39, 0.29) is 11.5 Å². The van der Waals surface area contributed by atoms with E-state index in [1.165, 1.54) is 28.8 Å². The Morgan fingerprint density at radius 3 is 2.66 bits per heavy atom. The van der Waals surface area contributed by atoms with Crippen LogP contribution >= 0.6 is 11.8 Å². The van der Waals surface area contributed by atoms with E-state index in [1.807, 2.05) is 49.4 Å². The summed E-state index contributed by atoms with van der Waals surface area (Å²) >= 11 is 1.27. The van der Waals surface area contributed by atoms with Crippen molar-refractivity contribution in [2.24, 2.45) is 4.99 Å². The van der Waals surface area contributed by atoms with Gasteiger partial charge in [0.25, 0.3) is 5.91 Å². The van der Waals surface area contributed by atoms with Gasteiger partial charge in [-0.1, -0.05) is 48.6 Å². The van der Waals surface area contributed by atoms with Gasteiger partial charge in [-0.2, -0.15) is 0 Å². The van der Waals surface area contributed by atoms with Crippen LogP contribution < -0.4 is 0 Å². The van der Waals surface area contributed by atoms with Gasteiger partial charge in [-0.05, 0) is 54.1 Å². The number of hydrogen-bond donors (Lipinski definition) is 1. The van der Waals surface area contributed by atoms with Crippen molar-refractivity contribution < 1.29 is 14.7 Å². The van der Waals surface area contributed by atoms with Crippen LogP contribution in [0.2, 0.25) is 0 Å². The predicted octanol–water partition coefficient (Wildman–Crippen LogP) is 5.12. The van der Waals surface area contributed by atoms with Gasteiger partial charge in [-0.3, -0.25) is 9.69 Å². The highest BCUT2D eigenvalue weighted by Crippen LogP contribution is 2.33. The smallest absolute Gasteiger partial charge is 0.335 e. The van der Waals surface area contributed by atoms with E-state index in [0.717, 1.165) is 11.1 Å². The Morgan fingerprint density at radius 2 is 1.97 bits per heavy atom. The molecular weight excluding hydrogens is 384 g/mol. The third-order valence-corrected chi connectivity index (χ3v) is 5.08. The third-order valence-electron chi connectivity index (χ3n) is 4.07. The number of amidine groups is 1. The van der Waals surface area contributed by atoms with Crippen molar-refractivity contribution in [1.29, 1.82) is 0 Å². The second kappa shape index (κ2) is 9.21. The summed E-state index contributed by atoms with van der Waals surface area (Å²) in [5.41, 5.74) is 2.63. The Hall–Kier alpha value is -3.38. The number of aliphatic imine (C=N–C) groups is 1. The molecular formula is C23H20N2O3S. The van der Waals surface area contributed by atoms with Gasteiger partial charge < -0.3 is 5.11 Å².